The van der Waals surface area contributed by atoms with E-state index in [1.165, 1.54) is 11.3 Å². The molecule has 9 heteroatoms. The molecule has 2 N–H and O–H groups in total. The summed E-state index contributed by atoms with van der Waals surface area (Å²) in [6, 6.07) is 15.8. The van der Waals surface area contributed by atoms with Gasteiger partial charge in [0.05, 0.1) is 24.5 Å². The molecule has 3 aromatic heterocycles. The molecule has 5 aromatic rings. The van der Waals surface area contributed by atoms with Crippen LogP contribution in [0.5, 0.6) is 10.9 Å². The van der Waals surface area contributed by atoms with Crippen molar-refractivity contribution in [1.29, 1.82) is 0 Å². The number of aromatic nitrogens is 5. The van der Waals surface area contributed by atoms with Gasteiger partial charge in [0.1, 0.15) is 12.4 Å². The number of methoxy groups -OCH3 is 1. The number of H-pyrrole nitrogens is 1. The molecule has 8 nitrogen and oxygen atoms in total. The fourth-order valence-corrected chi connectivity index (χ4v) is 4.07. The summed E-state index contributed by atoms with van der Waals surface area (Å²) in [5, 5.41) is 12.9. The third kappa shape index (κ3) is 4.10. The Balaban J connectivity index is 1.27. The van der Waals surface area contributed by atoms with Gasteiger partial charge in [0.15, 0.2) is 0 Å². The van der Waals surface area contributed by atoms with E-state index in [1.807, 2.05) is 54.7 Å². The highest BCUT2D eigenvalue weighted by Crippen LogP contribution is 2.32. The standard InChI is InChI=1S/C23H20N6O2S/c1-30-20-8-3-2-6-17(20)18-12-24-10-9-15(18)11-25-22-28-29-23(32-22)31-13-16-5-4-7-19-21(16)27-14-26-19/h2-10,12,14H,11,13H2,1H3,(H,25,28)(H,26,27). The van der Waals surface area contributed by atoms with Gasteiger partial charge in [-0.2, -0.15) is 0 Å². The second-order valence-electron chi connectivity index (χ2n) is 6.96. The van der Waals surface area contributed by atoms with E-state index in [4.69, 9.17) is 9.47 Å². The molecule has 0 unspecified atom stereocenters. The number of rotatable bonds is 8. The third-order valence-corrected chi connectivity index (χ3v) is 5.82. The van der Waals surface area contributed by atoms with Crippen molar-refractivity contribution < 1.29 is 9.47 Å². The lowest BCUT2D eigenvalue weighted by Crippen LogP contribution is -2.02. The summed E-state index contributed by atoms with van der Waals surface area (Å²) in [7, 11) is 1.67. The van der Waals surface area contributed by atoms with E-state index in [-0.39, 0.29) is 0 Å². The van der Waals surface area contributed by atoms with Crippen molar-refractivity contribution in [2.75, 3.05) is 12.4 Å². The normalized spacial score (nSPS) is 10.9. The number of pyridine rings is 1. The number of fused-ring (bicyclic) bond motifs is 1. The molecule has 5 rings (SSSR count). The molecule has 0 saturated carbocycles. The van der Waals surface area contributed by atoms with Gasteiger partial charge in [0.25, 0.3) is 5.19 Å². The number of nitrogens with zero attached hydrogens (tertiary/aromatic N) is 4. The first-order valence-electron chi connectivity index (χ1n) is 9.99. The Labute approximate surface area is 188 Å². The van der Waals surface area contributed by atoms with Crippen molar-refractivity contribution in [2.24, 2.45) is 0 Å². The van der Waals surface area contributed by atoms with E-state index in [1.54, 1.807) is 19.6 Å². The summed E-state index contributed by atoms with van der Waals surface area (Å²) >= 11 is 1.36. The molecule has 0 radical (unpaired) electrons. The molecule has 0 atom stereocenters. The van der Waals surface area contributed by atoms with Gasteiger partial charge in [-0.25, -0.2) is 4.98 Å². The topological polar surface area (TPSA) is 97.8 Å². The maximum atomic E-state index is 5.85. The number of ether oxygens (including phenoxy) is 2. The Morgan fingerprint density at radius 2 is 1.94 bits per heavy atom. The first-order valence-corrected chi connectivity index (χ1v) is 10.8. The first-order chi connectivity index (χ1) is 15.8. The Bertz CT molecular complexity index is 1350. The largest absolute Gasteiger partial charge is 0.496 e. The van der Waals surface area contributed by atoms with Gasteiger partial charge < -0.3 is 19.8 Å². The van der Waals surface area contributed by atoms with Crippen molar-refractivity contribution in [3.63, 3.8) is 0 Å². The van der Waals surface area contributed by atoms with E-state index >= 15 is 0 Å². The minimum atomic E-state index is 0.374. The molecule has 0 aliphatic carbocycles. The van der Waals surface area contributed by atoms with Crippen molar-refractivity contribution in [3.8, 4) is 22.1 Å². The zero-order valence-corrected chi connectivity index (χ0v) is 18.1. The molecule has 32 heavy (non-hydrogen) atoms. The van der Waals surface area contributed by atoms with Crippen LogP contribution in [0.25, 0.3) is 22.2 Å². The van der Waals surface area contributed by atoms with Crippen LogP contribution in [0.15, 0.2) is 67.3 Å². The Morgan fingerprint density at radius 1 is 1.00 bits per heavy atom. The predicted molar refractivity (Wildman–Crippen MR) is 124 cm³/mol. The summed E-state index contributed by atoms with van der Waals surface area (Å²) in [5.41, 5.74) is 5.95. The van der Waals surface area contributed by atoms with Crippen molar-refractivity contribution in [2.45, 2.75) is 13.2 Å². The van der Waals surface area contributed by atoms with E-state index in [2.05, 4.69) is 30.5 Å². The summed E-state index contributed by atoms with van der Waals surface area (Å²) in [5.74, 6) is 0.806. The molecular formula is C23H20N6O2S. The Hall–Kier alpha value is -3.98. The lowest BCUT2D eigenvalue weighted by atomic mass is 10.0. The van der Waals surface area contributed by atoms with Gasteiger partial charge in [0, 0.05) is 35.6 Å². The van der Waals surface area contributed by atoms with Gasteiger partial charge >= 0.3 is 0 Å². The molecule has 0 aliphatic heterocycles. The van der Waals surface area contributed by atoms with E-state index in [9.17, 15) is 0 Å². The lowest BCUT2D eigenvalue weighted by Gasteiger charge is -2.12. The lowest BCUT2D eigenvalue weighted by molar-refractivity contribution is 0.303. The number of hydrogen-bond acceptors (Lipinski definition) is 8. The highest BCUT2D eigenvalue weighted by Gasteiger charge is 2.12. The zero-order valence-electron chi connectivity index (χ0n) is 17.3. The Kier molecular flexibility index (Phi) is 5.63. The summed E-state index contributed by atoms with van der Waals surface area (Å²) in [6.45, 7) is 0.941. The van der Waals surface area contributed by atoms with Crippen LogP contribution >= 0.6 is 11.3 Å². The first kappa shape index (κ1) is 20.0. The molecule has 160 valence electrons. The van der Waals surface area contributed by atoms with Crippen LogP contribution in [0.4, 0.5) is 5.13 Å². The summed E-state index contributed by atoms with van der Waals surface area (Å²) < 4.78 is 11.4. The minimum Gasteiger partial charge on any atom is -0.496 e. The number of benzene rings is 2. The molecule has 0 spiro atoms. The van der Waals surface area contributed by atoms with Crippen LogP contribution in [0.2, 0.25) is 0 Å². The van der Waals surface area contributed by atoms with Gasteiger partial charge in [-0.3, -0.25) is 4.98 Å². The molecule has 0 fully saturated rings. The maximum Gasteiger partial charge on any atom is 0.296 e. The average Bonchev–Trinajstić information content (AvgIpc) is 3.51. The molecule has 3 heterocycles. The van der Waals surface area contributed by atoms with Crippen LogP contribution in [-0.4, -0.2) is 32.3 Å². The molecule has 0 bridgehead atoms. The highest BCUT2D eigenvalue weighted by molar-refractivity contribution is 7.16. The molecular weight excluding hydrogens is 424 g/mol. The van der Waals surface area contributed by atoms with Crippen LogP contribution in [0.1, 0.15) is 11.1 Å². The number of hydrogen-bond donors (Lipinski definition) is 2. The van der Waals surface area contributed by atoms with E-state index in [0.717, 1.165) is 39.0 Å². The van der Waals surface area contributed by atoms with E-state index in [0.29, 0.717) is 23.5 Å². The van der Waals surface area contributed by atoms with Crippen LogP contribution in [0.3, 0.4) is 0 Å². The van der Waals surface area contributed by atoms with Gasteiger partial charge in [0.2, 0.25) is 5.13 Å². The maximum absolute atomic E-state index is 5.85. The molecule has 0 aliphatic rings. The number of aromatic amines is 1. The third-order valence-electron chi connectivity index (χ3n) is 5.03. The minimum absolute atomic E-state index is 0.374. The average molecular weight is 445 g/mol. The number of anilines is 1. The molecule has 0 saturated heterocycles. The smallest absolute Gasteiger partial charge is 0.296 e. The van der Waals surface area contributed by atoms with Gasteiger partial charge in [-0.1, -0.05) is 35.4 Å². The van der Waals surface area contributed by atoms with Gasteiger partial charge in [-0.15, -0.1) is 5.10 Å². The highest BCUT2D eigenvalue weighted by atomic mass is 32.1. The predicted octanol–water partition coefficient (Wildman–Crippen LogP) is 4.68. The SMILES string of the molecule is COc1ccccc1-c1cnccc1CNc1nnc(OCc2cccc3[nH]cnc23)s1. The quantitative estimate of drug-likeness (QED) is 0.359. The fraction of sp³-hybridized carbons (Fsp3) is 0.130. The number of nitrogens with one attached hydrogen (secondary N) is 2. The van der Waals surface area contributed by atoms with Crippen molar-refractivity contribution in [1.82, 2.24) is 25.1 Å². The summed E-state index contributed by atoms with van der Waals surface area (Å²) in [6.07, 6.45) is 5.30. The molecule has 2 aromatic carbocycles. The zero-order chi connectivity index (χ0) is 21.8. The monoisotopic (exact) mass is 444 g/mol. The molecule has 0 amide bonds. The van der Waals surface area contributed by atoms with E-state index < -0.39 is 0 Å². The fourth-order valence-electron chi connectivity index (χ4n) is 3.48. The van der Waals surface area contributed by atoms with Crippen LogP contribution in [0, 0.1) is 0 Å². The number of para-hydroxylation sites is 2. The van der Waals surface area contributed by atoms with Crippen molar-refractivity contribution >= 4 is 27.5 Å². The van der Waals surface area contributed by atoms with Crippen LogP contribution < -0.4 is 14.8 Å². The number of imidazole rings is 1. The van der Waals surface area contributed by atoms with Crippen molar-refractivity contribution in [3.05, 3.63) is 78.4 Å². The summed E-state index contributed by atoms with van der Waals surface area (Å²) in [4.78, 5) is 11.7. The Morgan fingerprint density at radius 3 is 2.88 bits per heavy atom. The van der Waals surface area contributed by atoms with Gasteiger partial charge in [-0.05, 0) is 35.1 Å². The van der Waals surface area contributed by atoms with Crippen LogP contribution in [-0.2, 0) is 13.2 Å². The second-order valence-corrected chi connectivity index (χ2v) is 7.90. The second kappa shape index (κ2) is 9.03.